The van der Waals surface area contributed by atoms with Crippen molar-refractivity contribution in [1.29, 1.82) is 0 Å². The van der Waals surface area contributed by atoms with Gasteiger partial charge in [0.05, 0.1) is 11.8 Å². The van der Waals surface area contributed by atoms with E-state index in [1.165, 1.54) is 11.3 Å². The van der Waals surface area contributed by atoms with E-state index in [1.807, 2.05) is 23.8 Å². The molecule has 6 heteroatoms. The predicted molar refractivity (Wildman–Crippen MR) is 74.2 cm³/mol. The van der Waals surface area contributed by atoms with Crippen LogP contribution in [0, 0.1) is 6.92 Å². The zero-order chi connectivity index (χ0) is 13.1. The summed E-state index contributed by atoms with van der Waals surface area (Å²) < 4.78 is 0. The van der Waals surface area contributed by atoms with Gasteiger partial charge in [-0.15, -0.1) is 11.3 Å². The molecule has 0 spiro atoms. The topological polar surface area (TPSA) is 62.2 Å². The van der Waals surface area contributed by atoms with Gasteiger partial charge in [0.25, 0.3) is 5.91 Å². The molecule has 0 saturated carbocycles. The molecule has 0 radical (unpaired) electrons. The molecule has 0 unspecified atom stereocenters. The van der Waals surface area contributed by atoms with Crippen LogP contribution in [0.25, 0.3) is 10.6 Å². The van der Waals surface area contributed by atoms with E-state index in [-0.39, 0.29) is 12.5 Å². The second kappa shape index (κ2) is 5.60. The molecular weight excluding hydrogens is 268 g/mol. The van der Waals surface area contributed by atoms with Crippen molar-refractivity contribution in [2.75, 3.05) is 6.54 Å². The Hall–Kier alpha value is -1.24. The molecule has 1 amide bonds. The van der Waals surface area contributed by atoms with Gasteiger partial charge in [-0.05, 0) is 25.3 Å². The number of aromatic nitrogens is 1. The standard InChI is InChI=1S/C12H14N2O2S2/c1-7(15)5-13-11(16)10-8(2)14-12(18-10)9-3-4-17-6-9/h3-4,6-7,15H,5H2,1-2H3,(H,13,16)/t7-/m0/s1. The van der Waals surface area contributed by atoms with Crippen LogP contribution in [0.3, 0.4) is 0 Å². The van der Waals surface area contributed by atoms with Crippen molar-refractivity contribution in [1.82, 2.24) is 10.3 Å². The average molecular weight is 282 g/mol. The maximum atomic E-state index is 11.9. The van der Waals surface area contributed by atoms with E-state index >= 15 is 0 Å². The van der Waals surface area contributed by atoms with Crippen LogP contribution in [0.5, 0.6) is 0 Å². The number of nitrogens with zero attached hydrogens (tertiary/aromatic N) is 1. The summed E-state index contributed by atoms with van der Waals surface area (Å²) in [7, 11) is 0. The number of hydrogen-bond acceptors (Lipinski definition) is 5. The summed E-state index contributed by atoms with van der Waals surface area (Å²) in [6, 6.07) is 1.99. The minimum atomic E-state index is -0.543. The number of thiophene rings is 1. The van der Waals surface area contributed by atoms with Crippen molar-refractivity contribution in [3.05, 3.63) is 27.4 Å². The Morgan fingerprint density at radius 3 is 3.00 bits per heavy atom. The number of aliphatic hydroxyl groups excluding tert-OH is 1. The fraction of sp³-hybridized carbons (Fsp3) is 0.333. The third-order valence-electron chi connectivity index (χ3n) is 2.33. The Labute approximate surface area is 113 Å². The zero-order valence-electron chi connectivity index (χ0n) is 10.1. The van der Waals surface area contributed by atoms with Crippen molar-refractivity contribution in [3.8, 4) is 10.6 Å². The molecule has 0 saturated heterocycles. The molecule has 2 aromatic rings. The molecule has 1 atom stereocenters. The first-order chi connectivity index (χ1) is 8.58. The highest BCUT2D eigenvalue weighted by Gasteiger charge is 2.16. The lowest BCUT2D eigenvalue weighted by Gasteiger charge is -2.05. The molecular formula is C12H14N2O2S2. The summed E-state index contributed by atoms with van der Waals surface area (Å²) in [5.41, 5.74) is 1.77. The van der Waals surface area contributed by atoms with Crippen molar-refractivity contribution in [2.45, 2.75) is 20.0 Å². The number of nitrogens with one attached hydrogen (secondary N) is 1. The van der Waals surface area contributed by atoms with E-state index < -0.39 is 6.10 Å². The van der Waals surface area contributed by atoms with E-state index in [2.05, 4.69) is 10.3 Å². The Balaban J connectivity index is 2.17. The SMILES string of the molecule is Cc1nc(-c2ccsc2)sc1C(=O)NC[C@H](C)O. The van der Waals surface area contributed by atoms with Crippen molar-refractivity contribution < 1.29 is 9.90 Å². The smallest absolute Gasteiger partial charge is 0.263 e. The fourth-order valence-corrected chi connectivity index (χ4v) is 3.13. The maximum absolute atomic E-state index is 11.9. The Morgan fingerprint density at radius 2 is 2.39 bits per heavy atom. The minimum absolute atomic E-state index is 0.174. The van der Waals surface area contributed by atoms with Gasteiger partial charge in [0.15, 0.2) is 0 Å². The zero-order valence-corrected chi connectivity index (χ0v) is 11.8. The first kappa shape index (κ1) is 13.2. The van der Waals surface area contributed by atoms with E-state index in [1.54, 1.807) is 18.3 Å². The third kappa shape index (κ3) is 2.95. The normalized spacial score (nSPS) is 12.4. The predicted octanol–water partition coefficient (Wildman–Crippen LogP) is 2.29. The molecule has 2 heterocycles. The molecule has 96 valence electrons. The Morgan fingerprint density at radius 1 is 1.61 bits per heavy atom. The Bertz CT molecular complexity index is 532. The van der Waals surface area contributed by atoms with Gasteiger partial charge in [-0.25, -0.2) is 4.98 Å². The van der Waals surface area contributed by atoms with Crippen molar-refractivity contribution >= 4 is 28.6 Å². The number of rotatable bonds is 4. The van der Waals surface area contributed by atoms with Gasteiger partial charge in [-0.2, -0.15) is 11.3 Å². The Kier molecular flexibility index (Phi) is 4.11. The molecule has 0 aliphatic rings. The monoisotopic (exact) mass is 282 g/mol. The highest BCUT2D eigenvalue weighted by molar-refractivity contribution is 7.17. The molecule has 2 N–H and O–H groups in total. The summed E-state index contributed by atoms with van der Waals surface area (Å²) >= 11 is 2.98. The molecule has 18 heavy (non-hydrogen) atoms. The van der Waals surface area contributed by atoms with Crippen LogP contribution in [-0.2, 0) is 0 Å². The summed E-state index contributed by atoms with van der Waals surface area (Å²) in [5.74, 6) is -0.174. The number of aryl methyl sites for hydroxylation is 1. The summed E-state index contributed by atoms with van der Waals surface area (Å²) in [5, 5.41) is 16.7. The molecule has 2 aromatic heterocycles. The van der Waals surface area contributed by atoms with Crippen molar-refractivity contribution in [3.63, 3.8) is 0 Å². The molecule has 0 bridgehead atoms. The molecule has 0 aromatic carbocycles. The molecule has 0 aliphatic heterocycles. The van der Waals surface area contributed by atoms with E-state index in [0.29, 0.717) is 4.88 Å². The minimum Gasteiger partial charge on any atom is -0.392 e. The highest BCUT2D eigenvalue weighted by Crippen LogP contribution is 2.29. The van der Waals surface area contributed by atoms with Gasteiger partial charge in [-0.3, -0.25) is 4.79 Å². The molecule has 0 fully saturated rings. The van der Waals surface area contributed by atoms with Crippen LogP contribution in [0.2, 0.25) is 0 Å². The first-order valence-electron chi connectivity index (χ1n) is 5.54. The number of aliphatic hydroxyl groups is 1. The fourth-order valence-electron chi connectivity index (χ4n) is 1.44. The van der Waals surface area contributed by atoms with Gasteiger partial charge in [-0.1, -0.05) is 0 Å². The number of thiazole rings is 1. The second-order valence-corrected chi connectivity index (χ2v) is 5.78. The van der Waals surface area contributed by atoms with E-state index in [9.17, 15) is 4.79 Å². The molecule has 2 rings (SSSR count). The van der Waals surface area contributed by atoms with E-state index in [0.717, 1.165) is 16.3 Å². The quantitative estimate of drug-likeness (QED) is 0.904. The molecule has 4 nitrogen and oxygen atoms in total. The van der Waals surface area contributed by atoms with Crippen LogP contribution >= 0.6 is 22.7 Å². The van der Waals surface area contributed by atoms with Crippen molar-refractivity contribution in [2.24, 2.45) is 0 Å². The van der Waals surface area contributed by atoms with Crippen LogP contribution in [0.4, 0.5) is 0 Å². The van der Waals surface area contributed by atoms with E-state index in [4.69, 9.17) is 5.11 Å². The van der Waals surface area contributed by atoms with Crippen LogP contribution in [0.1, 0.15) is 22.3 Å². The van der Waals surface area contributed by atoms with Gasteiger partial charge >= 0.3 is 0 Å². The third-order valence-corrected chi connectivity index (χ3v) is 4.22. The lowest BCUT2D eigenvalue weighted by Crippen LogP contribution is -2.30. The van der Waals surface area contributed by atoms with Gasteiger partial charge in [0.1, 0.15) is 9.88 Å². The van der Waals surface area contributed by atoms with Gasteiger partial charge < -0.3 is 10.4 Å². The summed E-state index contributed by atoms with van der Waals surface area (Å²) in [6.07, 6.45) is -0.543. The number of carbonyl (C=O) groups excluding carboxylic acids is 1. The van der Waals surface area contributed by atoms with Crippen LogP contribution < -0.4 is 5.32 Å². The lowest BCUT2D eigenvalue weighted by molar-refractivity contribution is 0.0927. The van der Waals surface area contributed by atoms with Gasteiger partial charge in [0.2, 0.25) is 0 Å². The maximum Gasteiger partial charge on any atom is 0.263 e. The summed E-state index contributed by atoms with van der Waals surface area (Å²) in [4.78, 5) is 16.9. The van der Waals surface area contributed by atoms with Crippen LogP contribution in [0.15, 0.2) is 16.8 Å². The largest absolute Gasteiger partial charge is 0.392 e. The first-order valence-corrected chi connectivity index (χ1v) is 7.30. The number of amides is 1. The highest BCUT2D eigenvalue weighted by atomic mass is 32.1. The van der Waals surface area contributed by atoms with Crippen LogP contribution in [-0.4, -0.2) is 28.6 Å². The summed E-state index contributed by atoms with van der Waals surface area (Å²) in [6.45, 7) is 3.71. The number of carbonyl (C=O) groups is 1. The number of hydrogen-bond donors (Lipinski definition) is 2. The lowest BCUT2D eigenvalue weighted by atomic mass is 10.3. The molecule has 0 aliphatic carbocycles. The second-order valence-electron chi connectivity index (χ2n) is 4.00. The van der Waals surface area contributed by atoms with Gasteiger partial charge in [0, 0.05) is 17.5 Å². The average Bonchev–Trinajstić information content (AvgIpc) is 2.94.